The van der Waals surface area contributed by atoms with E-state index < -0.39 is 17.4 Å². The topological polar surface area (TPSA) is 44.8 Å². The molecule has 0 spiro atoms. The number of halogens is 2. The molecular weight excluding hydrogens is 431 g/mol. The summed E-state index contributed by atoms with van der Waals surface area (Å²) >= 11 is 6.69. The molecule has 0 radical (unpaired) electrons. The highest BCUT2D eigenvalue weighted by Gasteiger charge is 2.32. The van der Waals surface area contributed by atoms with E-state index in [-0.39, 0.29) is 12.5 Å². The van der Waals surface area contributed by atoms with Crippen molar-refractivity contribution in [3.8, 4) is 11.5 Å². The van der Waals surface area contributed by atoms with Crippen LogP contribution in [0.15, 0.2) is 41.8 Å². The van der Waals surface area contributed by atoms with E-state index in [1.807, 2.05) is 19.9 Å². The van der Waals surface area contributed by atoms with Crippen molar-refractivity contribution in [1.82, 2.24) is 0 Å². The van der Waals surface area contributed by atoms with E-state index in [2.05, 4.69) is 19.9 Å². The smallest absolute Gasteiger partial charge is 0.330 e. The van der Waals surface area contributed by atoms with Crippen LogP contribution in [0.1, 0.15) is 59.6 Å². The van der Waals surface area contributed by atoms with Crippen molar-refractivity contribution < 1.29 is 23.4 Å². The zero-order chi connectivity index (χ0) is 24.2. The normalized spacial score (nSPS) is 16.3. The Morgan fingerprint density at radius 3 is 2.50 bits per heavy atom. The lowest BCUT2D eigenvalue weighted by molar-refractivity contribution is -0.137. The van der Waals surface area contributed by atoms with E-state index >= 15 is 4.39 Å². The van der Waals surface area contributed by atoms with Crippen LogP contribution in [0.3, 0.4) is 0 Å². The predicted octanol–water partition coefficient (Wildman–Crippen LogP) is 7.33. The Morgan fingerprint density at radius 2 is 1.94 bits per heavy atom. The van der Waals surface area contributed by atoms with Gasteiger partial charge in [-0.15, -0.1) is 0 Å². The second-order valence-corrected chi connectivity index (χ2v) is 8.93. The predicted molar refractivity (Wildman–Crippen MR) is 129 cm³/mol. The van der Waals surface area contributed by atoms with Gasteiger partial charge in [0, 0.05) is 17.2 Å². The van der Waals surface area contributed by atoms with Gasteiger partial charge in [0.25, 0.3) is 0 Å². The third-order valence-electron chi connectivity index (χ3n) is 5.07. The van der Waals surface area contributed by atoms with Crippen molar-refractivity contribution in [3.63, 3.8) is 0 Å². The number of esters is 1. The first-order valence-electron chi connectivity index (χ1n) is 10.6. The summed E-state index contributed by atoms with van der Waals surface area (Å²) in [4.78, 5) is 11.6. The molecule has 0 unspecified atom stereocenters. The fourth-order valence-corrected chi connectivity index (χ4v) is 3.83. The summed E-state index contributed by atoms with van der Waals surface area (Å²) in [6.07, 6.45) is 6.22. The van der Waals surface area contributed by atoms with E-state index in [0.717, 1.165) is 11.1 Å². The van der Waals surface area contributed by atoms with Crippen molar-refractivity contribution in [1.29, 1.82) is 0 Å². The van der Waals surface area contributed by atoms with Gasteiger partial charge in [-0.2, -0.15) is 0 Å². The van der Waals surface area contributed by atoms with Crippen molar-refractivity contribution in [2.24, 2.45) is 5.92 Å². The van der Waals surface area contributed by atoms with Crippen LogP contribution in [-0.2, 0) is 9.53 Å². The van der Waals surface area contributed by atoms with Gasteiger partial charge in [-0.1, -0.05) is 31.5 Å². The molecule has 1 heterocycles. The maximum Gasteiger partial charge on any atom is 0.330 e. The summed E-state index contributed by atoms with van der Waals surface area (Å²) in [5.41, 5.74) is 2.86. The van der Waals surface area contributed by atoms with Crippen LogP contribution >= 0.6 is 11.6 Å². The molecule has 174 valence electrons. The van der Waals surface area contributed by atoms with Gasteiger partial charge in [-0.25, -0.2) is 9.18 Å². The average molecular weight is 463 g/mol. The summed E-state index contributed by atoms with van der Waals surface area (Å²) in [6.45, 7) is 13.5. The lowest BCUT2D eigenvalue weighted by Gasteiger charge is -2.34. The Hall–Kier alpha value is -2.53. The zero-order valence-corrected chi connectivity index (χ0v) is 20.8. The third kappa shape index (κ3) is 5.83. The first-order valence-corrected chi connectivity index (χ1v) is 11.0. The maximum absolute atomic E-state index is 15.1. The average Bonchev–Trinajstić information content (AvgIpc) is 2.70. The molecule has 6 heteroatoms. The minimum Gasteiger partial charge on any atom is -0.494 e. The molecule has 0 amide bonds. The van der Waals surface area contributed by atoms with E-state index in [9.17, 15) is 4.79 Å². The maximum atomic E-state index is 15.1. The van der Waals surface area contributed by atoms with E-state index in [1.54, 1.807) is 20.8 Å². The number of hydrogen-bond donors (Lipinski definition) is 0. The lowest BCUT2D eigenvalue weighted by Crippen LogP contribution is -2.30. The van der Waals surface area contributed by atoms with Gasteiger partial charge in [-0.05, 0) is 75.5 Å². The number of allylic oxidation sites excluding steroid dienone is 6. The van der Waals surface area contributed by atoms with Crippen molar-refractivity contribution in [2.45, 2.75) is 54.1 Å². The molecule has 1 aromatic carbocycles. The Labute approximate surface area is 195 Å². The van der Waals surface area contributed by atoms with Crippen LogP contribution in [0.5, 0.6) is 11.5 Å². The molecule has 0 saturated heterocycles. The standard InChI is InChI=1S/C26H32ClFO4/c1-9-31-22(29)12-16(4)10-11-21(28)17(5)18-13-19-20(15(2)3)14-26(6,7)32-25(19)23(27)24(18)30-8/h10-15H,9H2,1-8H3/b11-10+,16-12+,21-17+. The lowest BCUT2D eigenvalue weighted by atomic mass is 9.86. The van der Waals surface area contributed by atoms with Crippen LogP contribution in [0.2, 0.25) is 5.02 Å². The van der Waals surface area contributed by atoms with Gasteiger partial charge in [-0.3, -0.25) is 0 Å². The molecule has 0 aliphatic carbocycles. The number of carbonyl (C=O) groups is 1. The van der Waals surface area contributed by atoms with Crippen LogP contribution in [0.25, 0.3) is 11.1 Å². The molecule has 2 rings (SSSR count). The Balaban J connectivity index is 2.58. The number of hydrogen-bond acceptors (Lipinski definition) is 4. The van der Waals surface area contributed by atoms with Crippen LogP contribution in [0.4, 0.5) is 4.39 Å². The molecule has 0 saturated carbocycles. The number of methoxy groups -OCH3 is 1. The van der Waals surface area contributed by atoms with Crippen molar-refractivity contribution in [3.05, 3.63) is 57.9 Å². The number of ether oxygens (including phenoxy) is 3. The summed E-state index contributed by atoms with van der Waals surface area (Å²) < 4.78 is 31.7. The largest absolute Gasteiger partial charge is 0.494 e. The van der Waals surface area contributed by atoms with Crippen LogP contribution in [0, 0.1) is 5.92 Å². The van der Waals surface area contributed by atoms with Gasteiger partial charge < -0.3 is 14.2 Å². The SMILES string of the molecule is CCOC(=O)/C=C(C)/C=C/C(F)=C(/C)c1cc2c(c(Cl)c1OC)OC(C)(C)C=C2C(C)C. The highest BCUT2D eigenvalue weighted by molar-refractivity contribution is 6.34. The van der Waals surface area contributed by atoms with Crippen LogP contribution in [-0.4, -0.2) is 25.3 Å². The first-order chi connectivity index (χ1) is 14.9. The fraction of sp³-hybridized carbons (Fsp3) is 0.423. The summed E-state index contributed by atoms with van der Waals surface area (Å²) in [7, 11) is 1.50. The fourth-order valence-electron chi connectivity index (χ4n) is 3.51. The second kappa shape index (κ2) is 10.4. The van der Waals surface area contributed by atoms with E-state index in [4.69, 9.17) is 25.8 Å². The highest BCUT2D eigenvalue weighted by Crippen LogP contribution is 2.50. The molecule has 0 aromatic heterocycles. The first kappa shape index (κ1) is 25.7. The van der Waals surface area contributed by atoms with Gasteiger partial charge in [0.15, 0.2) is 5.75 Å². The highest BCUT2D eigenvalue weighted by atomic mass is 35.5. The van der Waals surface area contributed by atoms with E-state index in [1.165, 1.54) is 25.3 Å². The molecule has 32 heavy (non-hydrogen) atoms. The minimum atomic E-state index is -0.523. The number of rotatable bonds is 7. The zero-order valence-electron chi connectivity index (χ0n) is 20.1. The van der Waals surface area contributed by atoms with Gasteiger partial charge >= 0.3 is 5.97 Å². The quantitative estimate of drug-likeness (QED) is 0.242. The second-order valence-electron chi connectivity index (χ2n) is 8.55. The summed E-state index contributed by atoms with van der Waals surface area (Å²) in [5, 5.41) is 0.314. The molecule has 4 nitrogen and oxygen atoms in total. The Morgan fingerprint density at radius 1 is 1.28 bits per heavy atom. The monoisotopic (exact) mass is 462 g/mol. The molecular formula is C26H32ClFO4. The number of carbonyl (C=O) groups excluding carboxylic acids is 1. The van der Waals surface area contributed by atoms with Gasteiger partial charge in [0.05, 0.1) is 13.7 Å². The molecule has 1 aliphatic heterocycles. The van der Waals surface area contributed by atoms with Crippen molar-refractivity contribution >= 4 is 28.7 Å². The van der Waals surface area contributed by atoms with Gasteiger partial charge in [0.1, 0.15) is 22.2 Å². The number of benzene rings is 1. The minimum absolute atomic E-state index is 0.221. The summed E-state index contributed by atoms with van der Waals surface area (Å²) in [6, 6.07) is 1.87. The molecule has 1 aromatic rings. The Kier molecular flexibility index (Phi) is 8.35. The van der Waals surface area contributed by atoms with Gasteiger partial charge in [0.2, 0.25) is 0 Å². The molecule has 0 fully saturated rings. The number of fused-ring (bicyclic) bond motifs is 1. The van der Waals surface area contributed by atoms with E-state index in [0.29, 0.717) is 33.2 Å². The molecule has 0 bridgehead atoms. The molecule has 0 atom stereocenters. The van der Waals surface area contributed by atoms with Crippen LogP contribution < -0.4 is 9.47 Å². The van der Waals surface area contributed by atoms with Crippen molar-refractivity contribution in [2.75, 3.05) is 13.7 Å². The molecule has 1 aliphatic rings. The summed E-state index contributed by atoms with van der Waals surface area (Å²) in [5.74, 6) is 0.184. The molecule has 0 N–H and O–H groups in total. The third-order valence-corrected chi connectivity index (χ3v) is 5.41. The Bertz CT molecular complexity index is 1010.